The Labute approximate surface area is 122 Å². The first-order valence-electron chi connectivity index (χ1n) is 8.09. The zero-order valence-electron chi connectivity index (χ0n) is 13.0. The number of anilines is 1. The molecule has 20 heavy (non-hydrogen) atoms. The van der Waals surface area contributed by atoms with Gasteiger partial charge in [0.1, 0.15) is 5.82 Å². The van der Waals surface area contributed by atoms with Crippen molar-refractivity contribution < 1.29 is 0 Å². The first kappa shape index (κ1) is 13.9. The lowest BCUT2D eigenvalue weighted by Crippen LogP contribution is -2.30. The minimum absolute atomic E-state index is 0.521. The van der Waals surface area contributed by atoms with Crippen molar-refractivity contribution in [3.8, 4) is 0 Å². The highest BCUT2D eigenvalue weighted by Crippen LogP contribution is 2.38. The third-order valence-corrected chi connectivity index (χ3v) is 4.23. The molecule has 0 amide bonds. The Hall–Kier alpha value is -1.09. The number of hydrogen-bond donors (Lipinski definition) is 1. The number of nitrogens with zero attached hydrogens (tertiary/aromatic N) is 2. The zero-order valence-corrected chi connectivity index (χ0v) is 13.0. The molecular weight excluding hydrogens is 246 g/mol. The zero-order chi connectivity index (χ0) is 14.1. The molecule has 0 saturated heterocycles. The molecule has 1 aromatic rings. The van der Waals surface area contributed by atoms with Crippen LogP contribution in [0.3, 0.4) is 0 Å². The van der Waals surface area contributed by atoms with Gasteiger partial charge in [-0.15, -0.1) is 0 Å². The van der Waals surface area contributed by atoms with Gasteiger partial charge in [-0.3, -0.25) is 0 Å². The molecule has 2 fully saturated rings. The maximum absolute atomic E-state index is 4.78. The van der Waals surface area contributed by atoms with E-state index in [-0.39, 0.29) is 0 Å². The van der Waals surface area contributed by atoms with Crippen molar-refractivity contribution in [1.82, 2.24) is 10.3 Å². The monoisotopic (exact) mass is 273 g/mol. The molecule has 2 aliphatic carbocycles. The molecule has 3 rings (SSSR count). The molecule has 1 N–H and O–H groups in total. The molecule has 0 aromatic carbocycles. The highest BCUT2D eigenvalue weighted by Gasteiger charge is 2.35. The summed E-state index contributed by atoms with van der Waals surface area (Å²) >= 11 is 0. The summed E-state index contributed by atoms with van der Waals surface area (Å²) in [7, 11) is 0. The summed E-state index contributed by atoms with van der Waals surface area (Å²) in [6, 6.07) is 3.59. The third kappa shape index (κ3) is 3.51. The summed E-state index contributed by atoms with van der Waals surface area (Å²) in [6.45, 7) is 8.71. The Bertz CT molecular complexity index is 461. The molecule has 3 nitrogen and oxygen atoms in total. The maximum atomic E-state index is 4.78. The van der Waals surface area contributed by atoms with Crippen LogP contribution in [0.25, 0.3) is 0 Å². The molecule has 110 valence electrons. The Morgan fingerprint density at radius 2 is 2.05 bits per heavy atom. The molecule has 2 aliphatic rings. The molecule has 1 aromatic heterocycles. The maximum Gasteiger partial charge on any atom is 0.131 e. The van der Waals surface area contributed by atoms with E-state index in [1.165, 1.54) is 49.2 Å². The van der Waals surface area contributed by atoms with Crippen LogP contribution in [0.4, 0.5) is 5.82 Å². The summed E-state index contributed by atoms with van der Waals surface area (Å²) in [4.78, 5) is 7.36. The Kier molecular flexibility index (Phi) is 3.97. The van der Waals surface area contributed by atoms with Crippen LogP contribution in [0.2, 0.25) is 0 Å². The summed E-state index contributed by atoms with van der Waals surface area (Å²) in [5.74, 6) is 2.16. The molecule has 3 heteroatoms. The molecule has 0 aliphatic heterocycles. The summed E-state index contributed by atoms with van der Waals surface area (Å²) in [6.07, 6.45) is 7.59. The van der Waals surface area contributed by atoms with E-state index in [1.54, 1.807) is 0 Å². The number of nitrogens with one attached hydrogen (secondary N) is 1. The van der Waals surface area contributed by atoms with Crippen molar-refractivity contribution in [2.45, 2.75) is 65.1 Å². The van der Waals surface area contributed by atoms with Crippen LogP contribution in [0.15, 0.2) is 12.3 Å². The molecular formula is C17H27N3. The van der Waals surface area contributed by atoms with E-state index < -0.39 is 0 Å². The Morgan fingerprint density at radius 1 is 1.30 bits per heavy atom. The van der Waals surface area contributed by atoms with Gasteiger partial charge >= 0.3 is 0 Å². The van der Waals surface area contributed by atoms with Gasteiger partial charge in [-0.1, -0.05) is 13.8 Å². The van der Waals surface area contributed by atoms with E-state index in [0.717, 1.165) is 18.5 Å². The lowest BCUT2D eigenvalue weighted by atomic mass is 10.1. The lowest BCUT2D eigenvalue weighted by Gasteiger charge is -2.25. The smallest absolute Gasteiger partial charge is 0.131 e. The van der Waals surface area contributed by atoms with Gasteiger partial charge in [-0.2, -0.15) is 0 Å². The highest BCUT2D eigenvalue weighted by atomic mass is 15.2. The van der Waals surface area contributed by atoms with Gasteiger partial charge in [0.15, 0.2) is 0 Å². The van der Waals surface area contributed by atoms with Crippen LogP contribution in [0.5, 0.6) is 0 Å². The third-order valence-electron chi connectivity index (χ3n) is 4.23. The Balaban J connectivity index is 1.71. The van der Waals surface area contributed by atoms with E-state index in [9.17, 15) is 0 Å². The van der Waals surface area contributed by atoms with Gasteiger partial charge < -0.3 is 10.2 Å². The molecule has 0 radical (unpaired) electrons. The predicted octanol–water partition coefficient (Wildman–Crippen LogP) is 3.27. The molecule has 0 bridgehead atoms. The lowest BCUT2D eigenvalue weighted by molar-refractivity contribution is 0.587. The van der Waals surface area contributed by atoms with Crippen LogP contribution in [0.1, 0.15) is 50.7 Å². The summed E-state index contributed by atoms with van der Waals surface area (Å²) in [5, 5.41) is 3.46. The standard InChI is InChI=1S/C17H27N3/c1-12(2)18-9-15-8-13(3)17(19-10-15)20(16-6-7-16)11-14-4-5-14/h8,10,12,14,16,18H,4-7,9,11H2,1-3H3. The van der Waals surface area contributed by atoms with Crippen molar-refractivity contribution in [3.05, 3.63) is 23.4 Å². The normalized spacial score (nSPS) is 18.6. The van der Waals surface area contributed by atoms with E-state index in [0.29, 0.717) is 6.04 Å². The quantitative estimate of drug-likeness (QED) is 0.826. The minimum atomic E-state index is 0.521. The molecule has 1 heterocycles. The van der Waals surface area contributed by atoms with Gasteiger partial charge in [0.25, 0.3) is 0 Å². The molecule has 0 unspecified atom stereocenters. The van der Waals surface area contributed by atoms with Crippen molar-refractivity contribution in [2.24, 2.45) is 5.92 Å². The fourth-order valence-corrected chi connectivity index (χ4v) is 2.72. The van der Waals surface area contributed by atoms with E-state index in [1.807, 2.05) is 0 Å². The van der Waals surface area contributed by atoms with Crippen molar-refractivity contribution in [2.75, 3.05) is 11.4 Å². The second-order valence-corrected chi connectivity index (χ2v) is 6.85. The van der Waals surface area contributed by atoms with E-state index >= 15 is 0 Å². The molecule has 0 spiro atoms. The van der Waals surface area contributed by atoms with Crippen molar-refractivity contribution in [3.63, 3.8) is 0 Å². The predicted molar refractivity (Wildman–Crippen MR) is 84.0 cm³/mol. The fraction of sp³-hybridized carbons (Fsp3) is 0.706. The molecule has 0 atom stereocenters. The number of aryl methyl sites for hydroxylation is 1. The first-order valence-corrected chi connectivity index (χ1v) is 8.09. The van der Waals surface area contributed by atoms with Crippen LogP contribution >= 0.6 is 0 Å². The van der Waals surface area contributed by atoms with E-state index in [2.05, 4.69) is 43.3 Å². The van der Waals surface area contributed by atoms with Gasteiger partial charge in [0, 0.05) is 31.4 Å². The molecule has 2 saturated carbocycles. The van der Waals surface area contributed by atoms with Gasteiger partial charge in [0.2, 0.25) is 0 Å². The number of hydrogen-bond acceptors (Lipinski definition) is 3. The average molecular weight is 273 g/mol. The minimum Gasteiger partial charge on any atom is -0.353 e. The average Bonchev–Trinajstić information content (AvgIpc) is 3.26. The SMILES string of the molecule is Cc1cc(CNC(C)C)cnc1N(CC1CC1)C1CC1. The summed E-state index contributed by atoms with van der Waals surface area (Å²) < 4.78 is 0. The van der Waals surface area contributed by atoms with Crippen molar-refractivity contribution >= 4 is 5.82 Å². The van der Waals surface area contributed by atoms with Crippen molar-refractivity contribution in [1.29, 1.82) is 0 Å². The van der Waals surface area contributed by atoms with Gasteiger partial charge in [-0.05, 0) is 55.7 Å². The largest absolute Gasteiger partial charge is 0.353 e. The van der Waals surface area contributed by atoms with Crippen LogP contribution in [0, 0.1) is 12.8 Å². The van der Waals surface area contributed by atoms with Crippen LogP contribution in [-0.2, 0) is 6.54 Å². The van der Waals surface area contributed by atoms with Gasteiger partial charge in [-0.25, -0.2) is 4.98 Å². The number of rotatable bonds is 7. The fourth-order valence-electron chi connectivity index (χ4n) is 2.72. The number of pyridine rings is 1. The van der Waals surface area contributed by atoms with E-state index in [4.69, 9.17) is 4.98 Å². The second-order valence-electron chi connectivity index (χ2n) is 6.85. The van der Waals surface area contributed by atoms with Gasteiger partial charge in [0.05, 0.1) is 0 Å². The summed E-state index contributed by atoms with van der Waals surface area (Å²) in [5.41, 5.74) is 2.63. The highest BCUT2D eigenvalue weighted by molar-refractivity contribution is 5.49. The van der Waals surface area contributed by atoms with Crippen LogP contribution < -0.4 is 10.2 Å². The first-order chi connectivity index (χ1) is 9.63. The topological polar surface area (TPSA) is 28.2 Å². The number of aromatic nitrogens is 1. The Morgan fingerprint density at radius 3 is 2.60 bits per heavy atom. The second kappa shape index (κ2) is 5.72. The van der Waals surface area contributed by atoms with Crippen LogP contribution in [-0.4, -0.2) is 23.6 Å².